The third-order valence-electron chi connectivity index (χ3n) is 5.21. The van der Waals surface area contributed by atoms with E-state index in [1.165, 1.54) is 31.5 Å². The first-order valence-electron chi connectivity index (χ1n) is 10.8. The molecule has 0 aromatic heterocycles. The second kappa shape index (κ2) is 11.6. The van der Waals surface area contributed by atoms with Crippen LogP contribution in [0, 0.1) is 0 Å². The van der Waals surface area contributed by atoms with Gasteiger partial charge in [0.25, 0.3) is 0 Å². The van der Waals surface area contributed by atoms with Gasteiger partial charge in [-0.15, -0.1) is 0 Å². The number of hydrazone groups is 1. The minimum atomic E-state index is -1.01. The molecule has 37 heavy (non-hydrogen) atoms. The van der Waals surface area contributed by atoms with Crippen LogP contribution in [0.1, 0.15) is 15.9 Å². The van der Waals surface area contributed by atoms with Crippen LogP contribution >= 0.6 is 23.2 Å². The van der Waals surface area contributed by atoms with Crippen LogP contribution < -0.4 is 20.2 Å². The molecule has 0 atom stereocenters. The Labute approximate surface area is 221 Å². The molecule has 10 heteroatoms. The summed E-state index contributed by atoms with van der Waals surface area (Å²) >= 11 is 12.1. The number of ether oxygens (including phenoxy) is 2. The molecule has 0 fully saturated rings. The highest BCUT2D eigenvalue weighted by Crippen LogP contribution is 2.29. The van der Waals surface area contributed by atoms with E-state index < -0.39 is 17.8 Å². The molecule has 8 nitrogen and oxygen atoms in total. The van der Waals surface area contributed by atoms with Crippen LogP contribution in [0.5, 0.6) is 11.5 Å². The number of carbonyl (C=O) groups excluding carboxylic acids is 3. The maximum Gasteiger partial charge on any atom is 0.345 e. The van der Waals surface area contributed by atoms with Crippen molar-refractivity contribution >= 4 is 63.7 Å². The second-order valence-electron chi connectivity index (χ2n) is 7.57. The van der Waals surface area contributed by atoms with E-state index in [0.29, 0.717) is 27.4 Å². The number of fused-ring (bicyclic) bond motifs is 1. The molecule has 0 aliphatic heterocycles. The molecule has 0 unspecified atom stereocenters. The molecule has 2 amide bonds. The van der Waals surface area contributed by atoms with E-state index in [4.69, 9.17) is 32.7 Å². The van der Waals surface area contributed by atoms with Crippen LogP contribution in [0.3, 0.4) is 0 Å². The Morgan fingerprint density at radius 1 is 0.865 bits per heavy atom. The van der Waals surface area contributed by atoms with E-state index >= 15 is 0 Å². The highest BCUT2D eigenvalue weighted by Gasteiger charge is 2.18. The molecule has 4 rings (SSSR count). The summed E-state index contributed by atoms with van der Waals surface area (Å²) in [5, 5.41) is 8.44. The predicted molar refractivity (Wildman–Crippen MR) is 143 cm³/mol. The number of carbonyl (C=O) groups is 3. The lowest BCUT2D eigenvalue weighted by Crippen LogP contribution is -2.32. The van der Waals surface area contributed by atoms with Crippen LogP contribution in [-0.4, -0.2) is 31.1 Å². The SMILES string of the molecule is COc1ccccc1NC(=O)C(=O)N/N=C\c1c(OC(=O)c2ccc(Cl)cc2Cl)ccc2ccccc12. The van der Waals surface area contributed by atoms with Gasteiger partial charge in [-0.1, -0.05) is 65.7 Å². The summed E-state index contributed by atoms with van der Waals surface area (Å²) in [6.07, 6.45) is 1.29. The molecule has 0 saturated carbocycles. The Bertz CT molecular complexity index is 1540. The topological polar surface area (TPSA) is 106 Å². The fourth-order valence-corrected chi connectivity index (χ4v) is 3.93. The summed E-state index contributed by atoms with van der Waals surface area (Å²) in [5.41, 5.74) is 3.05. The van der Waals surface area contributed by atoms with Crippen molar-refractivity contribution in [2.45, 2.75) is 0 Å². The maximum atomic E-state index is 12.8. The number of hydrogen-bond donors (Lipinski definition) is 2. The van der Waals surface area contributed by atoms with Crippen molar-refractivity contribution in [2.24, 2.45) is 5.10 Å². The highest BCUT2D eigenvalue weighted by molar-refractivity contribution is 6.39. The summed E-state index contributed by atoms with van der Waals surface area (Å²) in [6, 6.07) is 21.8. The largest absolute Gasteiger partial charge is 0.495 e. The van der Waals surface area contributed by atoms with E-state index in [-0.39, 0.29) is 16.3 Å². The molecule has 186 valence electrons. The minimum absolute atomic E-state index is 0.128. The average molecular weight is 536 g/mol. The van der Waals surface area contributed by atoms with E-state index in [1.54, 1.807) is 48.5 Å². The number of rotatable bonds is 6. The number of halogens is 2. The van der Waals surface area contributed by atoms with Crippen LogP contribution in [0.25, 0.3) is 10.8 Å². The molecule has 4 aromatic carbocycles. The number of methoxy groups -OCH3 is 1. The molecule has 0 saturated heterocycles. The van der Waals surface area contributed by atoms with Crippen molar-refractivity contribution in [3.63, 3.8) is 0 Å². The van der Waals surface area contributed by atoms with Gasteiger partial charge in [-0.05, 0) is 47.2 Å². The fourth-order valence-electron chi connectivity index (χ4n) is 3.44. The molecule has 0 bridgehead atoms. The maximum absolute atomic E-state index is 12.8. The van der Waals surface area contributed by atoms with Crippen molar-refractivity contribution in [1.29, 1.82) is 0 Å². The Kier molecular flexibility index (Phi) is 8.02. The third kappa shape index (κ3) is 6.06. The van der Waals surface area contributed by atoms with Gasteiger partial charge < -0.3 is 14.8 Å². The second-order valence-corrected chi connectivity index (χ2v) is 8.41. The highest BCUT2D eigenvalue weighted by atomic mass is 35.5. The Morgan fingerprint density at radius 2 is 1.62 bits per heavy atom. The van der Waals surface area contributed by atoms with E-state index in [2.05, 4.69) is 15.8 Å². The van der Waals surface area contributed by atoms with Crippen molar-refractivity contribution < 1.29 is 23.9 Å². The molecule has 0 heterocycles. The van der Waals surface area contributed by atoms with Crippen molar-refractivity contribution in [3.8, 4) is 11.5 Å². The Morgan fingerprint density at radius 3 is 2.41 bits per heavy atom. The quantitative estimate of drug-likeness (QED) is 0.112. The van der Waals surface area contributed by atoms with Crippen molar-refractivity contribution in [2.75, 3.05) is 12.4 Å². The van der Waals surface area contributed by atoms with Crippen molar-refractivity contribution in [3.05, 3.63) is 100 Å². The zero-order valence-electron chi connectivity index (χ0n) is 19.3. The van der Waals surface area contributed by atoms with E-state index in [9.17, 15) is 14.4 Å². The first kappa shape index (κ1) is 25.7. The number of hydrogen-bond acceptors (Lipinski definition) is 6. The lowest BCUT2D eigenvalue weighted by atomic mass is 10.0. The lowest BCUT2D eigenvalue weighted by Gasteiger charge is -2.11. The van der Waals surface area contributed by atoms with E-state index in [1.807, 2.05) is 12.1 Å². The number of anilines is 1. The summed E-state index contributed by atoms with van der Waals surface area (Å²) in [4.78, 5) is 37.4. The molecule has 0 spiro atoms. The van der Waals surface area contributed by atoms with Gasteiger partial charge in [-0.25, -0.2) is 10.2 Å². The molecular formula is C27H19Cl2N3O5. The summed E-state index contributed by atoms with van der Waals surface area (Å²) in [7, 11) is 1.45. The number of nitrogens with zero attached hydrogens (tertiary/aromatic N) is 1. The molecule has 0 aliphatic rings. The summed E-state index contributed by atoms with van der Waals surface area (Å²) in [5.74, 6) is -2.08. The van der Waals surface area contributed by atoms with Gasteiger partial charge in [0.2, 0.25) is 0 Å². The van der Waals surface area contributed by atoms with Gasteiger partial charge in [0.05, 0.1) is 29.6 Å². The first-order valence-corrected chi connectivity index (χ1v) is 11.6. The monoisotopic (exact) mass is 535 g/mol. The van der Waals surface area contributed by atoms with Gasteiger partial charge in [-0.2, -0.15) is 5.10 Å². The smallest absolute Gasteiger partial charge is 0.345 e. The number of amides is 2. The van der Waals surface area contributed by atoms with Crippen molar-refractivity contribution in [1.82, 2.24) is 5.43 Å². The molecule has 0 radical (unpaired) electrons. The number of esters is 1. The zero-order valence-corrected chi connectivity index (χ0v) is 20.8. The molecule has 2 N–H and O–H groups in total. The Hall–Kier alpha value is -4.40. The van der Waals surface area contributed by atoms with Gasteiger partial charge in [0, 0.05) is 10.6 Å². The zero-order chi connectivity index (χ0) is 26.4. The van der Waals surface area contributed by atoms with Gasteiger partial charge in [0.1, 0.15) is 11.5 Å². The lowest BCUT2D eigenvalue weighted by molar-refractivity contribution is -0.136. The summed E-state index contributed by atoms with van der Waals surface area (Å²) in [6.45, 7) is 0. The normalized spacial score (nSPS) is 10.8. The first-order chi connectivity index (χ1) is 17.9. The Balaban J connectivity index is 1.55. The molecule has 0 aliphatic carbocycles. The standard InChI is InChI=1S/C27H19Cl2N3O5/c1-36-24-9-5-4-8-22(24)31-25(33)26(34)32-30-15-20-18-7-3-2-6-16(18)10-13-23(20)37-27(35)19-12-11-17(28)14-21(19)29/h2-15H,1H3,(H,31,33)(H,32,34)/b30-15-. The third-order valence-corrected chi connectivity index (χ3v) is 5.75. The molecular weight excluding hydrogens is 517 g/mol. The van der Waals surface area contributed by atoms with Gasteiger partial charge >= 0.3 is 17.8 Å². The van der Waals surface area contributed by atoms with Crippen LogP contribution in [0.15, 0.2) is 84.0 Å². The number of benzene rings is 4. The fraction of sp³-hybridized carbons (Fsp3) is 0.0370. The van der Waals surface area contributed by atoms with Gasteiger partial charge in [-0.3, -0.25) is 9.59 Å². The number of nitrogens with one attached hydrogen (secondary N) is 2. The van der Waals surface area contributed by atoms with E-state index in [0.717, 1.165) is 5.39 Å². The van der Waals surface area contributed by atoms with Crippen LogP contribution in [0.2, 0.25) is 10.0 Å². The average Bonchev–Trinajstić information content (AvgIpc) is 2.89. The van der Waals surface area contributed by atoms with Crippen LogP contribution in [-0.2, 0) is 9.59 Å². The number of para-hydroxylation sites is 2. The van der Waals surface area contributed by atoms with Crippen LogP contribution in [0.4, 0.5) is 5.69 Å². The predicted octanol–water partition coefficient (Wildman–Crippen LogP) is 5.46. The molecule has 4 aromatic rings. The van der Waals surface area contributed by atoms with Gasteiger partial charge in [0.15, 0.2) is 0 Å². The minimum Gasteiger partial charge on any atom is -0.495 e. The summed E-state index contributed by atoms with van der Waals surface area (Å²) < 4.78 is 10.8.